The van der Waals surface area contributed by atoms with Gasteiger partial charge in [-0.2, -0.15) is 0 Å². The molecule has 17 heavy (non-hydrogen) atoms. The topological polar surface area (TPSA) is 41.1 Å². The van der Waals surface area contributed by atoms with Crippen molar-refractivity contribution in [3.63, 3.8) is 0 Å². The highest BCUT2D eigenvalue weighted by Crippen LogP contribution is 2.32. The van der Waals surface area contributed by atoms with Crippen LogP contribution in [0.5, 0.6) is 0 Å². The summed E-state index contributed by atoms with van der Waals surface area (Å²) in [4.78, 5) is 12.0. The first-order valence-electron chi connectivity index (χ1n) is 7.18. The van der Waals surface area contributed by atoms with Crippen molar-refractivity contribution in [1.82, 2.24) is 10.6 Å². The fraction of sp³-hybridized carbons (Fsp3) is 0.929. The smallest absolute Gasteiger partial charge is 0.220 e. The lowest BCUT2D eigenvalue weighted by Gasteiger charge is -2.31. The Morgan fingerprint density at radius 3 is 2.76 bits per heavy atom. The van der Waals surface area contributed by atoms with Gasteiger partial charge in [0.1, 0.15) is 0 Å². The number of hydrogen-bond donors (Lipinski definition) is 2. The number of nitrogens with one attached hydrogen (secondary N) is 2. The van der Waals surface area contributed by atoms with Gasteiger partial charge >= 0.3 is 0 Å². The largest absolute Gasteiger partial charge is 0.352 e. The highest BCUT2D eigenvalue weighted by atomic mass is 16.1. The molecule has 1 aliphatic heterocycles. The first-order valence-corrected chi connectivity index (χ1v) is 7.18. The number of rotatable bonds is 3. The van der Waals surface area contributed by atoms with Crippen LogP contribution in [0.15, 0.2) is 0 Å². The first kappa shape index (κ1) is 12.9. The molecule has 0 aromatic carbocycles. The van der Waals surface area contributed by atoms with Crippen LogP contribution in [0.2, 0.25) is 0 Å². The standard InChI is InChI=1S/C14H26N2O/c1-10-5-6-12(8-10)9-14(17)16-13-4-3-7-15-11(13)2/h10-13,15H,3-9H2,1-2H3,(H,16,17). The normalized spacial score (nSPS) is 38.0. The molecule has 3 nitrogen and oxygen atoms in total. The molecule has 2 N–H and O–H groups in total. The number of carbonyl (C=O) groups is 1. The van der Waals surface area contributed by atoms with Crippen molar-refractivity contribution in [3.8, 4) is 0 Å². The van der Waals surface area contributed by atoms with Gasteiger partial charge in [-0.05, 0) is 51.0 Å². The van der Waals surface area contributed by atoms with Crippen LogP contribution in [0, 0.1) is 11.8 Å². The average Bonchev–Trinajstić information content (AvgIpc) is 2.67. The second-order valence-corrected chi connectivity index (χ2v) is 6.05. The van der Waals surface area contributed by atoms with Crippen molar-refractivity contribution in [1.29, 1.82) is 0 Å². The molecule has 1 aliphatic carbocycles. The molecule has 1 saturated heterocycles. The van der Waals surface area contributed by atoms with E-state index in [9.17, 15) is 4.79 Å². The van der Waals surface area contributed by atoms with Gasteiger partial charge in [0.25, 0.3) is 0 Å². The lowest BCUT2D eigenvalue weighted by molar-refractivity contribution is -0.123. The van der Waals surface area contributed by atoms with E-state index >= 15 is 0 Å². The Morgan fingerprint density at radius 2 is 2.12 bits per heavy atom. The van der Waals surface area contributed by atoms with E-state index in [4.69, 9.17) is 0 Å². The lowest BCUT2D eigenvalue weighted by Crippen LogP contribution is -2.52. The van der Waals surface area contributed by atoms with Crippen LogP contribution in [0.1, 0.15) is 52.4 Å². The minimum Gasteiger partial charge on any atom is -0.352 e. The van der Waals surface area contributed by atoms with Crippen molar-refractivity contribution in [2.45, 2.75) is 64.5 Å². The zero-order valence-corrected chi connectivity index (χ0v) is 11.2. The molecule has 2 aliphatic rings. The van der Waals surface area contributed by atoms with E-state index < -0.39 is 0 Å². The minimum atomic E-state index is 0.268. The fourth-order valence-electron chi connectivity index (χ4n) is 3.28. The van der Waals surface area contributed by atoms with Gasteiger partial charge in [0.15, 0.2) is 0 Å². The molecule has 0 aromatic heterocycles. The summed E-state index contributed by atoms with van der Waals surface area (Å²) in [6, 6.07) is 0.769. The van der Waals surface area contributed by atoms with E-state index in [0.717, 1.165) is 25.3 Å². The number of amides is 1. The van der Waals surface area contributed by atoms with Crippen LogP contribution in [-0.4, -0.2) is 24.5 Å². The molecule has 0 aromatic rings. The number of hydrogen-bond acceptors (Lipinski definition) is 2. The fourth-order valence-corrected chi connectivity index (χ4v) is 3.28. The summed E-state index contributed by atoms with van der Waals surface area (Å²) in [5.41, 5.74) is 0. The Morgan fingerprint density at radius 1 is 1.29 bits per heavy atom. The molecule has 4 atom stereocenters. The highest BCUT2D eigenvalue weighted by molar-refractivity contribution is 5.76. The molecule has 98 valence electrons. The number of carbonyl (C=O) groups excluding carboxylic acids is 1. The van der Waals surface area contributed by atoms with Gasteiger partial charge < -0.3 is 10.6 Å². The molecule has 1 saturated carbocycles. The molecule has 0 spiro atoms. The van der Waals surface area contributed by atoms with Crippen LogP contribution in [0.25, 0.3) is 0 Å². The van der Waals surface area contributed by atoms with Crippen molar-refractivity contribution in [2.24, 2.45) is 11.8 Å². The van der Waals surface area contributed by atoms with E-state index in [-0.39, 0.29) is 5.91 Å². The lowest BCUT2D eigenvalue weighted by atomic mass is 9.98. The van der Waals surface area contributed by atoms with Gasteiger partial charge in [0, 0.05) is 18.5 Å². The monoisotopic (exact) mass is 238 g/mol. The average molecular weight is 238 g/mol. The van der Waals surface area contributed by atoms with E-state index in [1.54, 1.807) is 0 Å². The maximum absolute atomic E-state index is 12.0. The molecule has 1 heterocycles. The predicted octanol–water partition coefficient (Wildman–Crippen LogP) is 2.07. The van der Waals surface area contributed by atoms with Gasteiger partial charge in [-0.3, -0.25) is 4.79 Å². The molecule has 2 rings (SSSR count). The second kappa shape index (κ2) is 5.85. The molecule has 0 radical (unpaired) electrons. The van der Waals surface area contributed by atoms with Gasteiger partial charge in [-0.25, -0.2) is 0 Å². The maximum Gasteiger partial charge on any atom is 0.220 e. The van der Waals surface area contributed by atoms with Crippen LogP contribution >= 0.6 is 0 Å². The summed E-state index contributed by atoms with van der Waals surface area (Å²) in [5.74, 6) is 1.73. The zero-order valence-electron chi connectivity index (χ0n) is 11.2. The first-order chi connectivity index (χ1) is 8.15. The molecule has 0 bridgehead atoms. The summed E-state index contributed by atoms with van der Waals surface area (Å²) in [6.07, 6.45) is 6.84. The van der Waals surface area contributed by atoms with Gasteiger partial charge in [-0.15, -0.1) is 0 Å². The second-order valence-electron chi connectivity index (χ2n) is 6.05. The van der Waals surface area contributed by atoms with Crippen molar-refractivity contribution in [2.75, 3.05) is 6.54 Å². The summed E-state index contributed by atoms with van der Waals surface area (Å²) < 4.78 is 0. The quantitative estimate of drug-likeness (QED) is 0.790. The van der Waals surface area contributed by atoms with E-state index in [1.807, 2.05) is 0 Å². The number of piperidine rings is 1. The Bertz CT molecular complexity index is 267. The molecule has 3 heteroatoms. The third-order valence-corrected chi connectivity index (χ3v) is 4.39. The summed E-state index contributed by atoms with van der Waals surface area (Å²) >= 11 is 0. The van der Waals surface area contributed by atoms with Gasteiger partial charge in [-0.1, -0.05) is 13.3 Å². The highest BCUT2D eigenvalue weighted by Gasteiger charge is 2.26. The molecule has 4 unspecified atom stereocenters. The van der Waals surface area contributed by atoms with Crippen molar-refractivity contribution in [3.05, 3.63) is 0 Å². The van der Waals surface area contributed by atoms with E-state index in [2.05, 4.69) is 24.5 Å². The SMILES string of the molecule is CC1CCC(CC(=O)NC2CCCNC2C)C1. The van der Waals surface area contributed by atoms with Crippen molar-refractivity contribution >= 4 is 5.91 Å². The summed E-state index contributed by atoms with van der Waals surface area (Å²) in [7, 11) is 0. The molecular weight excluding hydrogens is 212 g/mol. The molecular formula is C14H26N2O. The Hall–Kier alpha value is -0.570. The Labute approximate surface area is 105 Å². The van der Waals surface area contributed by atoms with Crippen LogP contribution in [-0.2, 0) is 4.79 Å². The third kappa shape index (κ3) is 3.70. The van der Waals surface area contributed by atoms with E-state index in [1.165, 1.54) is 25.7 Å². The van der Waals surface area contributed by atoms with Crippen LogP contribution in [0.4, 0.5) is 0 Å². The van der Waals surface area contributed by atoms with Gasteiger partial charge in [0.2, 0.25) is 5.91 Å². The maximum atomic E-state index is 12.0. The van der Waals surface area contributed by atoms with E-state index in [0.29, 0.717) is 18.0 Å². The predicted molar refractivity (Wildman–Crippen MR) is 69.8 cm³/mol. The Kier molecular flexibility index (Phi) is 4.43. The summed E-state index contributed by atoms with van der Waals surface area (Å²) in [6.45, 7) is 5.56. The summed E-state index contributed by atoms with van der Waals surface area (Å²) in [5, 5.41) is 6.63. The van der Waals surface area contributed by atoms with Crippen LogP contribution in [0.3, 0.4) is 0 Å². The third-order valence-electron chi connectivity index (χ3n) is 4.39. The molecule has 2 fully saturated rings. The minimum absolute atomic E-state index is 0.268. The van der Waals surface area contributed by atoms with Crippen molar-refractivity contribution < 1.29 is 4.79 Å². The Balaban J connectivity index is 1.73. The zero-order chi connectivity index (χ0) is 12.3. The molecule has 1 amide bonds. The van der Waals surface area contributed by atoms with Crippen LogP contribution < -0.4 is 10.6 Å². The van der Waals surface area contributed by atoms with Gasteiger partial charge in [0.05, 0.1) is 0 Å².